The van der Waals surface area contributed by atoms with Crippen molar-refractivity contribution in [3.05, 3.63) is 60.3 Å². The van der Waals surface area contributed by atoms with Crippen LogP contribution in [0.15, 0.2) is 54.7 Å². The Hall–Kier alpha value is -3.41. The summed E-state index contributed by atoms with van der Waals surface area (Å²) in [5.41, 5.74) is 9.28. The first-order valence-electron chi connectivity index (χ1n) is 7.12. The number of hydrogen-bond acceptors (Lipinski definition) is 5. The number of nitrogens with two attached hydrogens (primary N) is 1. The minimum absolute atomic E-state index is 0.234. The monoisotopic (exact) mass is 303 g/mol. The molecule has 2 aromatic heterocycles. The predicted molar refractivity (Wildman–Crippen MR) is 89.6 cm³/mol. The number of para-hydroxylation sites is 2. The average Bonchev–Trinajstić information content (AvgIpc) is 2.70. The van der Waals surface area contributed by atoms with E-state index in [4.69, 9.17) is 5.73 Å². The minimum Gasteiger partial charge on any atom is -0.383 e. The van der Waals surface area contributed by atoms with Gasteiger partial charge in [0.15, 0.2) is 0 Å². The van der Waals surface area contributed by atoms with Crippen molar-refractivity contribution in [2.45, 2.75) is 0 Å². The van der Waals surface area contributed by atoms with Crippen LogP contribution < -0.4 is 16.4 Å². The molecule has 0 spiro atoms. The summed E-state index contributed by atoms with van der Waals surface area (Å²) in [6.45, 7) is 0. The molecule has 1 aliphatic heterocycles. The van der Waals surface area contributed by atoms with Crippen LogP contribution in [0, 0.1) is 0 Å². The number of hydrogen-bond donors (Lipinski definition) is 3. The summed E-state index contributed by atoms with van der Waals surface area (Å²) in [6, 6.07) is 14.7. The second kappa shape index (κ2) is 5.10. The number of carbonyl (C=O) groups is 1. The first-order valence-corrected chi connectivity index (χ1v) is 7.12. The van der Waals surface area contributed by atoms with E-state index in [0.29, 0.717) is 34.1 Å². The third kappa shape index (κ3) is 2.26. The van der Waals surface area contributed by atoms with Crippen molar-refractivity contribution in [2.24, 2.45) is 0 Å². The number of anilines is 4. The molecule has 0 bridgehead atoms. The van der Waals surface area contributed by atoms with Crippen LogP contribution in [0.25, 0.3) is 11.3 Å². The van der Waals surface area contributed by atoms with Crippen molar-refractivity contribution in [1.29, 1.82) is 0 Å². The van der Waals surface area contributed by atoms with Gasteiger partial charge in [0, 0.05) is 11.8 Å². The summed E-state index contributed by atoms with van der Waals surface area (Å²) in [6.07, 6.45) is 1.68. The molecular weight excluding hydrogens is 290 g/mol. The van der Waals surface area contributed by atoms with Crippen LogP contribution in [0.3, 0.4) is 0 Å². The van der Waals surface area contributed by atoms with Gasteiger partial charge in [0.1, 0.15) is 11.6 Å². The van der Waals surface area contributed by atoms with Crippen LogP contribution in [-0.4, -0.2) is 15.9 Å². The molecule has 0 radical (unpaired) electrons. The summed E-state index contributed by atoms with van der Waals surface area (Å²) in [4.78, 5) is 21.2. The van der Waals surface area contributed by atoms with Crippen molar-refractivity contribution in [3.8, 4) is 11.3 Å². The Kier molecular flexibility index (Phi) is 2.94. The fourth-order valence-electron chi connectivity index (χ4n) is 2.54. The molecule has 0 atom stereocenters. The lowest BCUT2D eigenvalue weighted by Crippen LogP contribution is -2.12. The molecule has 0 unspecified atom stereocenters. The first-order chi connectivity index (χ1) is 11.2. The van der Waals surface area contributed by atoms with Gasteiger partial charge in [-0.15, -0.1) is 0 Å². The highest BCUT2D eigenvalue weighted by molar-refractivity contribution is 6.12. The van der Waals surface area contributed by atoms with E-state index in [9.17, 15) is 4.79 Å². The van der Waals surface area contributed by atoms with E-state index in [1.54, 1.807) is 12.3 Å². The lowest BCUT2D eigenvalue weighted by molar-refractivity contribution is 0.102. The second-order valence-electron chi connectivity index (χ2n) is 5.16. The molecule has 0 fully saturated rings. The van der Waals surface area contributed by atoms with E-state index in [2.05, 4.69) is 20.6 Å². The van der Waals surface area contributed by atoms with Gasteiger partial charge in [0.2, 0.25) is 0 Å². The summed E-state index contributed by atoms with van der Waals surface area (Å²) in [5, 5.41) is 6.03. The number of nitrogens with one attached hydrogen (secondary N) is 2. The third-order valence-corrected chi connectivity index (χ3v) is 3.67. The van der Waals surface area contributed by atoms with Gasteiger partial charge in [-0.25, -0.2) is 4.98 Å². The van der Waals surface area contributed by atoms with Gasteiger partial charge in [-0.2, -0.15) is 0 Å². The van der Waals surface area contributed by atoms with Gasteiger partial charge in [0.05, 0.1) is 22.6 Å². The van der Waals surface area contributed by atoms with Crippen molar-refractivity contribution < 1.29 is 4.79 Å². The van der Waals surface area contributed by atoms with Gasteiger partial charge in [-0.1, -0.05) is 18.2 Å². The van der Waals surface area contributed by atoms with Gasteiger partial charge in [-0.3, -0.25) is 9.78 Å². The lowest BCUT2D eigenvalue weighted by atomic mass is 10.1. The van der Waals surface area contributed by atoms with E-state index >= 15 is 0 Å². The zero-order chi connectivity index (χ0) is 15.8. The highest BCUT2D eigenvalue weighted by Gasteiger charge is 2.22. The fraction of sp³-hybridized carbons (Fsp3) is 0. The van der Waals surface area contributed by atoms with Crippen molar-refractivity contribution >= 4 is 28.9 Å². The molecule has 6 heteroatoms. The molecule has 0 aliphatic carbocycles. The number of aromatic nitrogens is 2. The molecule has 0 saturated heterocycles. The molecule has 1 aromatic carbocycles. The van der Waals surface area contributed by atoms with E-state index in [1.165, 1.54) is 0 Å². The Balaban J connectivity index is 1.87. The third-order valence-electron chi connectivity index (χ3n) is 3.67. The maximum absolute atomic E-state index is 12.5. The molecule has 6 nitrogen and oxygen atoms in total. The van der Waals surface area contributed by atoms with E-state index in [1.807, 2.05) is 42.5 Å². The van der Waals surface area contributed by atoms with E-state index < -0.39 is 0 Å². The Morgan fingerprint density at radius 3 is 2.39 bits per heavy atom. The summed E-state index contributed by atoms with van der Waals surface area (Å²) >= 11 is 0. The molecule has 1 amide bonds. The molecule has 0 saturated carbocycles. The molecule has 23 heavy (non-hydrogen) atoms. The van der Waals surface area contributed by atoms with Crippen LogP contribution in [0.1, 0.15) is 10.4 Å². The molecule has 1 aliphatic rings. The standard InChI is InChI=1S/C17H13N5O/c18-15-10(12-5-3-4-8-19-12)9-11-16(22-15)20-13-6-1-2-7-14(13)21-17(11)23/h1-9H,(H,21,23)(H3,18,20,22). The smallest absolute Gasteiger partial charge is 0.259 e. The van der Waals surface area contributed by atoms with Crippen LogP contribution in [0.2, 0.25) is 0 Å². The molecular formula is C17H13N5O. The van der Waals surface area contributed by atoms with E-state index in [-0.39, 0.29) is 5.91 Å². The number of amides is 1. The SMILES string of the molecule is Nc1nc2c(cc1-c1ccccn1)C(=O)Nc1ccccc1N2. The van der Waals surface area contributed by atoms with Gasteiger partial charge >= 0.3 is 0 Å². The Morgan fingerprint density at radius 2 is 1.65 bits per heavy atom. The number of carbonyl (C=O) groups excluding carboxylic acids is 1. The quantitative estimate of drug-likeness (QED) is 0.642. The fourth-order valence-corrected chi connectivity index (χ4v) is 2.54. The van der Waals surface area contributed by atoms with Gasteiger partial charge in [0.25, 0.3) is 5.91 Å². The molecule has 112 valence electrons. The maximum Gasteiger partial charge on any atom is 0.259 e. The normalized spacial score (nSPS) is 12.4. The summed E-state index contributed by atoms with van der Waals surface area (Å²) in [7, 11) is 0. The number of rotatable bonds is 1. The number of fused-ring (bicyclic) bond motifs is 2. The molecule has 3 aromatic rings. The van der Waals surface area contributed by atoms with Gasteiger partial charge < -0.3 is 16.4 Å². The van der Waals surface area contributed by atoms with Crippen molar-refractivity contribution in [1.82, 2.24) is 9.97 Å². The molecule has 3 heterocycles. The van der Waals surface area contributed by atoms with Crippen LogP contribution >= 0.6 is 0 Å². The number of nitrogens with zero attached hydrogens (tertiary/aromatic N) is 2. The lowest BCUT2D eigenvalue weighted by Gasteiger charge is -2.11. The van der Waals surface area contributed by atoms with Crippen LogP contribution in [0.4, 0.5) is 23.0 Å². The number of pyridine rings is 2. The zero-order valence-corrected chi connectivity index (χ0v) is 12.1. The van der Waals surface area contributed by atoms with Gasteiger partial charge in [-0.05, 0) is 30.3 Å². The summed E-state index contributed by atoms with van der Waals surface area (Å²) in [5.74, 6) is 0.522. The first kappa shape index (κ1) is 13.3. The highest BCUT2D eigenvalue weighted by atomic mass is 16.1. The minimum atomic E-state index is -0.234. The second-order valence-corrected chi connectivity index (χ2v) is 5.16. The molecule has 4 rings (SSSR count). The topological polar surface area (TPSA) is 92.9 Å². The largest absolute Gasteiger partial charge is 0.383 e. The Bertz CT molecular complexity index is 908. The van der Waals surface area contributed by atoms with Crippen LogP contribution in [-0.2, 0) is 0 Å². The highest BCUT2D eigenvalue weighted by Crippen LogP contribution is 2.34. The Labute approximate surface area is 132 Å². The van der Waals surface area contributed by atoms with Crippen molar-refractivity contribution in [3.63, 3.8) is 0 Å². The van der Waals surface area contributed by atoms with E-state index in [0.717, 1.165) is 5.69 Å². The number of benzene rings is 1. The Morgan fingerprint density at radius 1 is 0.913 bits per heavy atom. The zero-order valence-electron chi connectivity index (χ0n) is 12.1. The number of nitrogen functional groups attached to an aromatic ring is 1. The molecule has 4 N–H and O–H groups in total. The van der Waals surface area contributed by atoms with Crippen molar-refractivity contribution in [2.75, 3.05) is 16.4 Å². The predicted octanol–water partition coefficient (Wildman–Crippen LogP) is 3.04. The maximum atomic E-state index is 12.5. The average molecular weight is 303 g/mol. The van der Waals surface area contributed by atoms with Crippen LogP contribution in [0.5, 0.6) is 0 Å². The summed E-state index contributed by atoms with van der Waals surface area (Å²) < 4.78 is 0.